The molecule has 0 radical (unpaired) electrons. The van der Waals surface area contributed by atoms with E-state index >= 15 is 0 Å². The van der Waals surface area contributed by atoms with Crippen LogP contribution in [-0.4, -0.2) is 18.9 Å². The van der Waals surface area contributed by atoms with Crippen molar-refractivity contribution in [2.75, 3.05) is 17.3 Å². The van der Waals surface area contributed by atoms with Gasteiger partial charge in [-0.3, -0.25) is 9.59 Å². The minimum Gasteiger partial charge on any atom is -0.496 e. The highest BCUT2D eigenvalue weighted by atomic mass is 35.5. The Balaban J connectivity index is 1.87. The van der Waals surface area contributed by atoms with E-state index in [2.05, 4.69) is 5.32 Å². The highest BCUT2D eigenvalue weighted by Gasteiger charge is 2.41. The summed E-state index contributed by atoms with van der Waals surface area (Å²) < 4.78 is 32.7. The van der Waals surface area contributed by atoms with Crippen LogP contribution in [0.25, 0.3) is 5.57 Å². The summed E-state index contributed by atoms with van der Waals surface area (Å²) in [5.74, 6) is -3.31. The predicted molar refractivity (Wildman–Crippen MR) is 119 cm³/mol. The molecular weight excluding hydrogens is 438 g/mol. The Bertz CT molecular complexity index is 1290. The quantitative estimate of drug-likeness (QED) is 0.529. The molecule has 0 bridgehead atoms. The lowest BCUT2D eigenvalue weighted by molar-refractivity contribution is -0.120. The summed E-state index contributed by atoms with van der Waals surface area (Å²) in [6.07, 6.45) is 0. The van der Waals surface area contributed by atoms with Gasteiger partial charge in [-0.25, -0.2) is 13.7 Å². The zero-order valence-electron chi connectivity index (χ0n) is 17.1. The van der Waals surface area contributed by atoms with Crippen LogP contribution in [-0.2, 0) is 9.59 Å². The number of aryl methyl sites for hydroxylation is 1. The highest BCUT2D eigenvalue weighted by molar-refractivity contribution is 6.46. The molecule has 0 aliphatic carbocycles. The van der Waals surface area contributed by atoms with Crippen molar-refractivity contribution < 1.29 is 23.1 Å². The van der Waals surface area contributed by atoms with Gasteiger partial charge in [-0.15, -0.1) is 0 Å². The molecule has 0 aromatic heterocycles. The van der Waals surface area contributed by atoms with Crippen LogP contribution in [0.3, 0.4) is 0 Å². The van der Waals surface area contributed by atoms with Gasteiger partial charge in [-0.2, -0.15) is 0 Å². The van der Waals surface area contributed by atoms with Crippen molar-refractivity contribution in [1.82, 2.24) is 0 Å². The van der Waals surface area contributed by atoms with E-state index < -0.39 is 23.4 Å². The van der Waals surface area contributed by atoms with E-state index in [1.807, 2.05) is 6.92 Å². The Morgan fingerprint density at radius 3 is 2.38 bits per heavy atom. The molecule has 1 aliphatic rings. The standard InChI is InChI=1S/C24H17ClF2N2O3/c1-13-7-8-14(11-17(13)25)28-22-21(16-5-3-4-6-20(16)32-2)23(30)29(24(22)31)15-9-10-18(26)19(27)12-15/h3-12,28H,1-2H3. The third-order valence-corrected chi connectivity index (χ3v) is 5.47. The SMILES string of the molecule is COc1ccccc1C1=C(Nc2ccc(C)c(Cl)c2)C(=O)N(c2ccc(F)c(F)c2)C1=O. The Morgan fingerprint density at radius 1 is 0.938 bits per heavy atom. The van der Waals surface area contributed by atoms with Crippen LogP contribution in [0.4, 0.5) is 20.2 Å². The van der Waals surface area contributed by atoms with Crippen molar-refractivity contribution >= 4 is 40.4 Å². The van der Waals surface area contributed by atoms with Crippen molar-refractivity contribution in [2.45, 2.75) is 6.92 Å². The van der Waals surface area contributed by atoms with Crippen LogP contribution in [0.5, 0.6) is 5.75 Å². The first kappa shape index (κ1) is 21.5. The van der Waals surface area contributed by atoms with Gasteiger partial charge in [-0.1, -0.05) is 35.9 Å². The van der Waals surface area contributed by atoms with E-state index in [1.54, 1.807) is 42.5 Å². The van der Waals surface area contributed by atoms with Crippen molar-refractivity contribution in [2.24, 2.45) is 0 Å². The molecule has 0 spiro atoms. The highest BCUT2D eigenvalue weighted by Crippen LogP contribution is 2.38. The van der Waals surface area contributed by atoms with Gasteiger partial charge in [0.25, 0.3) is 11.8 Å². The zero-order valence-corrected chi connectivity index (χ0v) is 17.8. The molecule has 0 atom stereocenters. The third kappa shape index (κ3) is 3.71. The number of ether oxygens (including phenoxy) is 1. The molecule has 32 heavy (non-hydrogen) atoms. The fourth-order valence-corrected chi connectivity index (χ4v) is 3.60. The molecule has 3 aromatic rings. The number of halogens is 3. The van der Waals surface area contributed by atoms with E-state index in [-0.39, 0.29) is 17.0 Å². The zero-order chi connectivity index (χ0) is 23.0. The Kier molecular flexibility index (Phi) is 5.67. The Morgan fingerprint density at radius 2 is 1.69 bits per heavy atom. The maximum atomic E-state index is 13.9. The first-order chi connectivity index (χ1) is 15.3. The number of hydrogen-bond acceptors (Lipinski definition) is 4. The largest absolute Gasteiger partial charge is 0.496 e. The summed E-state index contributed by atoms with van der Waals surface area (Å²) in [5.41, 5.74) is 1.60. The maximum Gasteiger partial charge on any atom is 0.282 e. The number of para-hydroxylation sites is 1. The molecule has 0 saturated heterocycles. The summed E-state index contributed by atoms with van der Waals surface area (Å²) in [6.45, 7) is 1.83. The molecule has 1 heterocycles. The van der Waals surface area contributed by atoms with E-state index in [9.17, 15) is 18.4 Å². The molecule has 5 nitrogen and oxygen atoms in total. The average molecular weight is 455 g/mol. The lowest BCUT2D eigenvalue weighted by Crippen LogP contribution is -2.32. The molecule has 162 valence electrons. The van der Waals surface area contributed by atoms with Gasteiger partial charge in [0, 0.05) is 22.3 Å². The normalized spacial score (nSPS) is 13.7. The van der Waals surface area contributed by atoms with Gasteiger partial charge in [0.15, 0.2) is 11.6 Å². The molecule has 1 aliphatic heterocycles. The van der Waals surface area contributed by atoms with Crippen LogP contribution in [0.15, 0.2) is 66.4 Å². The first-order valence-corrected chi connectivity index (χ1v) is 9.94. The molecule has 4 rings (SSSR count). The second-order valence-corrected chi connectivity index (χ2v) is 7.49. The van der Waals surface area contributed by atoms with Crippen LogP contribution < -0.4 is 15.0 Å². The molecule has 2 amide bonds. The van der Waals surface area contributed by atoms with Crippen LogP contribution >= 0.6 is 11.6 Å². The van der Waals surface area contributed by atoms with Crippen molar-refractivity contribution in [3.05, 3.63) is 94.1 Å². The minimum absolute atomic E-state index is 0.0360. The monoisotopic (exact) mass is 454 g/mol. The number of carbonyl (C=O) groups is 2. The summed E-state index contributed by atoms with van der Waals surface area (Å²) in [6, 6.07) is 14.7. The number of benzene rings is 3. The number of nitrogens with zero attached hydrogens (tertiary/aromatic N) is 1. The number of carbonyl (C=O) groups excluding carboxylic acids is 2. The fraction of sp³-hybridized carbons (Fsp3) is 0.0833. The van der Waals surface area contributed by atoms with Gasteiger partial charge < -0.3 is 10.1 Å². The average Bonchev–Trinajstić information content (AvgIpc) is 3.02. The number of methoxy groups -OCH3 is 1. The number of amides is 2. The summed E-state index contributed by atoms with van der Waals surface area (Å²) in [7, 11) is 1.45. The molecule has 0 fully saturated rings. The predicted octanol–water partition coefficient (Wildman–Crippen LogP) is 5.33. The molecule has 8 heteroatoms. The lowest BCUT2D eigenvalue weighted by Gasteiger charge is -2.16. The second-order valence-electron chi connectivity index (χ2n) is 7.08. The molecule has 1 N–H and O–H groups in total. The van der Waals surface area contributed by atoms with E-state index in [4.69, 9.17) is 16.3 Å². The summed E-state index contributed by atoms with van der Waals surface area (Å²) in [4.78, 5) is 27.6. The van der Waals surface area contributed by atoms with E-state index in [1.165, 1.54) is 13.2 Å². The van der Waals surface area contributed by atoms with Crippen molar-refractivity contribution in [3.63, 3.8) is 0 Å². The van der Waals surface area contributed by atoms with Crippen molar-refractivity contribution in [3.8, 4) is 5.75 Å². The molecular formula is C24H17ClF2N2O3. The van der Waals surface area contributed by atoms with E-state index in [0.29, 0.717) is 22.0 Å². The van der Waals surface area contributed by atoms with Gasteiger partial charge in [0.1, 0.15) is 11.4 Å². The molecule has 3 aromatic carbocycles. The maximum absolute atomic E-state index is 13.9. The molecule has 0 saturated carbocycles. The van der Waals surface area contributed by atoms with Crippen LogP contribution in [0.1, 0.15) is 11.1 Å². The van der Waals surface area contributed by atoms with Gasteiger partial charge in [0.05, 0.1) is 18.4 Å². The smallest absolute Gasteiger partial charge is 0.282 e. The first-order valence-electron chi connectivity index (χ1n) is 9.56. The third-order valence-electron chi connectivity index (χ3n) is 5.06. The van der Waals surface area contributed by atoms with E-state index in [0.717, 1.165) is 22.6 Å². The number of hydrogen-bond donors (Lipinski definition) is 1. The van der Waals surface area contributed by atoms with Gasteiger partial charge in [0.2, 0.25) is 0 Å². The molecule has 0 unspecified atom stereocenters. The minimum atomic E-state index is -1.17. The van der Waals surface area contributed by atoms with Gasteiger partial charge >= 0.3 is 0 Å². The Labute approximate surface area is 187 Å². The number of nitrogens with one attached hydrogen (secondary N) is 1. The summed E-state index contributed by atoms with van der Waals surface area (Å²) >= 11 is 6.21. The number of rotatable bonds is 5. The Hall–Kier alpha value is -3.71. The van der Waals surface area contributed by atoms with Gasteiger partial charge in [-0.05, 0) is 42.8 Å². The number of imide groups is 1. The van der Waals surface area contributed by atoms with Crippen LogP contribution in [0, 0.1) is 18.6 Å². The fourth-order valence-electron chi connectivity index (χ4n) is 3.42. The number of anilines is 2. The topological polar surface area (TPSA) is 58.6 Å². The lowest BCUT2D eigenvalue weighted by atomic mass is 10.0. The van der Waals surface area contributed by atoms with Crippen LogP contribution in [0.2, 0.25) is 5.02 Å². The van der Waals surface area contributed by atoms with Crippen molar-refractivity contribution in [1.29, 1.82) is 0 Å². The summed E-state index contributed by atoms with van der Waals surface area (Å²) in [5, 5.41) is 3.45. The second kappa shape index (κ2) is 8.43.